The number of benzene rings is 1. The molecule has 0 atom stereocenters. The smallest absolute Gasteiger partial charge is 0.168 e. The SMILES string of the molecule is Cn1c(CO)cnc1SCCOc1ccccc1C#N. The van der Waals surface area contributed by atoms with Gasteiger partial charge in [0.15, 0.2) is 5.16 Å². The van der Waals surface area contributed by atoms with Crippen molar-refractivity contribution in [3.05, 3.63) is 41.7 Å². The van der Waals surface area contributed by atoms with Crippen molar-refractivity contribution in [2.45, 2.75) is 11.8 Å². The minimum absolute atomic E-state index is 0.0178. The van der Waals surface area contributed by atoms with Gasteiger partial charge in [-0.05, 0) is 12.1 Å². The van der Waals surface area contributed by atoms with Crippen LogP contribution in [0.15, 0.2) is 35.6 Å². The molecule has 1 heterocycles. The van der Waals surface area contributed by atoms with E-state index in [1.807, 2.05) is 23.7 Å². The highest BCUT2D eigenvalue weighted by atomic mass is 32.2. The maximum absolute atomic E-state index is 9.08. The number of nitriles is 1. The van der Waals surface area contributed by atoms with Gasteiger partial charge in [-0.2, -0.15) is 5.26 Å². The second-order valence-corrected chi connectivity index (χ2v) is 5.12. The Hall–Kier alpha value is -1.97. The van der Waals surface area contributed by atoms with Gasteiger partial charge in [0.1, 0.15) is 11.8 Å². The molecule has 0 aliphatic rings. The van der Waals surface area contributed by atoms with Crippen molar-refractivity contribution in [1.82, 2.24) is 9.55 Å². The van der Waals surface area contributed by atoms with Gasteiger partial charge in [0, 0.05) is 12.8 Å². The quantitative estimate of drug-likeness (QED) is 0.650. The van der Waals surface area contributed by atoms with E-state index in [1.165, 1.54) is 0 Å². The van der Waals surface area contributed by atoms with Crippen LogP contribution in [-0.2, 0) is 13.7 Å². The summed E-state index contributed by atoms with van der Waals surface area (Å²) in [6, 6.07) is 9.27. The molecule has 2 rings (SSSR count). The zero-order valence-electron chi connectivity index (χ0n) is 11.1. The Kier molecular flexibility index (Phi) is 5.04. The largest absolute Gasteiger partial charge is 0.491 e. The van der Waals surface area contributed by atoms with E-state index in [0.717, 1.165) is 16.6 Å². The zero-order chi connectivity index (χ0) is 14.4. The molecule has 1 aromatic carbocycles. The van der Waals surface area contributed by atoms with Crippen molar-refractivity contribution < 1.29 is 9.84 Å². The van der Waals surface area contributed by atoms with Crippen molar-refractivity contribution in [3.63, 3.8) is 0 Å². The Morgan fingerprint density at radius 3 is 2.95 bits per heavy atom. The van der Waals surface area contributed by atoms with E-state index in [0.29, 0.717) is 17.9 Å². The van der Waals surface area contributed by atoms with E-state index in [4.69, 9.17) is 15.1 Å². The molecule has 0 bridgehead atoms. The Morgan fingerprint density at radius 2 is 2.25 bits per heavy atom. The maximum Gasteiger partial charge on any atom is 0.168 e. The van der Waals surface area contributed by atoms with Crippen LogP contribution in [0.25, 0.3) is 0 Å². The molecule has 2 aromatic rings. The molecule has 0 spiro atoms. The second kappa shape index (κ2) is 6.98. The number of ether oxygens (including phenoxy) is 1. The minimum atomic E-state index is -0.0178. The third-order valence-corrected chi connectivity index (χ3v) is 3.79. The number of aliphatic hydroxyl groups excluding tert-OH is 1. The standard InChI is InChI=1S/C14H15N3O2S/c1-17-12(10-18)9-16-14(17)20-7-6-19-13-5-3-2-4-11(13)8-15/h2-5,9,18H,6-7,10H2,1H3. The lowest BCUT2D eigenvalue weighted by Crippen LogP contribution is -2.03. The Morgan fingerprint density at radius 1 is 1.45 bits per heavy atom. The van der Waals surface area contributed by atoms with Gasteiger partial charge in [0.25, 0.3) is 0 Å². The molecule has 1 N–H and O–H groups in total. The summed E-state index contributed by atoms with van der Waals surface area (Å²) in [5, 5.41) is 18.9. The van der Waals surface area contributed by atoms with E-state index in [2.05, 4.69) is 11.1 Å². The summed E-state index contributed by atoms with van der Waals surface area (Å²) in [5.41, 5.74) is 1.32. The summed E-state index contributed by atoms with van der Waals surface area (Å²) in [6.07, 6.45) is 1.66. The van der Waals surface area contributed by atoms with Crippen LogP contribution in [0.2, 0.25) is 0 Å². The lowest BCUT2D eigenvalue weighted by Gasteiger charge is -2.07. The number of para-hydroxylation sites is 1. The Balaban J connectivity index is 1.85. The lowest BCUT2D eigenvalue weighted by atomic mass is 10.2. The van der Waals surface area contributed by atoms with Gasteiger partial charge in [-0.1, -0.05) is 23.9 Å². The first-order valence-electron chi connectivity index (χ1n) is 6.12. The predicted octanol–water partition coefficient (Wildman–Crippen LogP) is 1.96. The number of hydrogen-bond acceptors (Lipinski definition) is 5. The van der Waals surface area contributed by atoms with Crippen LogP contribution in [0.4, 0.5) is 0 Å². The van der Waals surface area contributed by atoms with Crippen LogP contribution in [0.3, 0.4) is 0 Å². The molecular formula is C14H15N3O2S. The molecule has 0 saturated heterocycles. The van der Waals surface area contributed by atoms with Crippen LogP contribution < -0.4 is 4.74 Å². The molecule has 0 saturated carbocycles. The predicted molar refractivity (Wildman–Crippen MR) is 76.5 cm³/mol. The third-order valence-electron chi connectivity index (χ3n) is 2.78. The number of aromatic nitrogens is 2. The van der Waals surface area contributed by atoms with Crippen LogP contribution >= 0.6 is 11.8 Å². The topological polar surface area (TPSA) is 71.1 Å². The number of imidazole rings is 1. The van der Waals surface area contributed by atoms with Crippen LogP contribution in [0, 0.1) is 11.3 Å². The summed E-state index contributed by atoms with van der Waals surface area (Å²) in [7, 11) is 1.87. The fourth-order valence-electron chi connectivity index (χ4n) is 1.68. The van der Waals surface area contributed by atoms with E-state index < -0.39 is 0 Å². The van der Waals surface area contributed by atoms with Crippen molar-refractivity contribution in [2.24, 2.45) is 7.05 Å². The molecule has 20 heavy (non-hydrogen) atoms. The Labute approximate surface area is 121 Å². The summed E-state index contributed by atoms with van der Waals surface area (Å²) in [5.74, 6) is 1.32. The van der Waals surface area contributed by atoms with Gasteiger partial charge < -0.3 is 14.4 Å². The van der Waals surface area contributed by atoms with Gasteiger partial charge in [0.2, 0.25) is 0 Å². The first kappa shape index (κ1) is 14.4. The molecule has 5 nitrogen and oxygen atoms in total. The minimum Gasteiger partial charge on any atom is -0.491 e. The maximum atomic E-state index is 9.08. The molecule has 6 heteroatoms. The third kappa shape index (κ3) is 3.32. The lowest BCUT2D eigenvalue weighted by molar-refractivity contribution is 0.271. The molecule has 0 amide bonds. The number of nitrogens with zero attached hydrogens (tertiary/aromatic N) is 3. The molecule has 0 radical (unpaired) electrons. The van der Waals surface area contributed by atoms with Crippen LogP contribution in [0.5, 0.6) is 5.75 Å². The van der Waals surface area contributed by atoms with Gasteiger partial charge in [0.05, 0.1) is 30.7 Å². The number of hydrogen-bond donors (Lipinski definition) is 1. The van der Waals surface area contributed by atoms with Crippen molar-refractivity contribution in [2.75, 3.05) is 12.4 Å². The van der Waals surface area contributed by atoms with Gasteiger partial charge >= 0.3 is 0 Å². The molecular weight excluding hydrogens is 274 g/mol. The Bertz CT molecular complexity index is 619. The summed E-state index contributed by atoms with van der Waals surface area (Å²) in [4.78, 5) is 4.22. The van der Waals surface area contributed by atoms with Crippen molar-refractivity contribution in [1.29, 1.82) is 5.26 Å². The average molecular weight is 289 g/mol. The summed E-state index contributed by atoms with van der Waals surface area (Å²) in [6.45, 7) is 0.473. The first-order valence-corrected chi connectivity index (χ1v) is 7.11. The van der Waals surface area contributed by atoms with Gasteiger partial charge in [-0.15, -0.1) is 0 Å². The van der Waals surface area contributed by atoms with Crippen LogP contribution in [-0.4, -0.2) is 27.0 Å². The average Bonchev–Trinajstić information content (AvgIpc) is 2.84. The number of thioether (sulfide) groups is 1. The first-order chi connectivity index (χ1) is 9.76. The van der Waals surface area contributed by atoms with E-state index in [1.54, 1.807) is 30.1 Å². The monoisotopic (exact) mass is 289 g/mol. The van der Waals surface area contributed by atoms with Crippen LogP contribution in [0.1, 0.15) is 11.3 Å². The van der Waals surface area contributed by atoms with E-state index in [9.17, 15) is 0 Å². The van der Waals surface area contributed by atoms with Crippen molar-refractivity contribution >= 4 is 11.8 Å². The van der Waals surface area contributed by atoms with Gasteiger partial charge in [-0.25, -0.2) is 4.98 Å². The molecule has 104 valence electrons. The van der Waals surface area contributed by atoms with Gasteiger partial charge in [-0.3, -0.25) is 0 Å². The fourth-order valence-corrected chi connectivity index (χ4v) is 2.46. The normalized spacial score (nSPS) is 10.2. The molecule has 0 aliphatic carbocycles. The summed E-state index contributed by atoms with van der Waals surface area (Å²) >= 11 is 1.55. The second-order valence-electron chi connectivity index (χ2n) is 4.05. The summed E-state index contributed by atoms with van der Waals surface area (Å²) < 4.78 is 7.45. The number of rotatable bonds is 6. The highest BCUT2D eigenvalue weighted by Crippen LogP contribution is 2.19. The van der Waals surface area contributed by atoms with E-state index in [-0.39, 0.29) is 6.61 Å². The molecule has 0 unspecified atom stereocenters. The molecule has 0 fully saturated rings. The fraction of sp³-hybridized carbons (Fsp3) is 0.286. The zero-order valence-corrected chi connectivity index (χ0v) is 11.9. The highest BCUT2D eigenvalue weighted by molar-refractivity contribution is 7.99. The molecule has 1 aromatic heterocycles. The van der Waals surface area contributed by atoms with Crippen molar-refractivity contribution in [3.8, 4) is 11.8 Å². The number of aliphatic hydroxyl groups is 1. The molecule has 0 aliphatic heterocycles. The highest BCUT2D eigenvalue weighted by Gasteiger charge is 2.06. The van der Waals surface area contributed by atoms with E-state index >= 15 is 0 Å².